The monoisotopic (exact) mass is 297 g/mol. The molecule has 1 amide bonds. The maximum atomic E-state index is 12.0. The van der Waals surface area contributed by atoms with Crippen LogP contribution in [0.2, 0.25) is 0 Å². The Kier molecular flexibility index (Phi) is 5.03. The number of hydrogen-bond donors (Lipinski definition) is 1. The average Bonchev–Trinajstić information content (AvgIpc) is 2.55. The van der Waals surface area contributed by atoms with Crippen molar-refractivity contribution in [2.24, 2.45) is 0 Å². The van der Waals surface area contributed by atoms with E-state index in [-0.39, 0.29) is 17.8 Å². The molecule has 0 spiro atoms. The summed E-state index contributed by atoms with van der Waals surface area (Å²) in [4.78, 5) is 35.6. The van der Waals surface area contributed by atoms with Crippen LogP contribution in [0.15, 0.2) is 54.6 Å². The quantitative estimate of drug-likeness (QED) is 0.523. The Morgan fingerprint density at radius 2 is 1.59 bits per heavy atom. The number of benzene rings is 2. The fourth-order valence-corrected chi connectivity index (χ4v) is 1.95. The molecule has 112 valence electrons. The molecule has 0 aliphatic rings. The summed E-state index contributed by atoms with van der Waals surface area (Å²) >= 11 is 0. The van der Waals surface area contributed by atoms with Crippen LogP contribution >= 0.6 is 0 Å². The van der Waals surface area contributed by atoms with Crippen molar-refractivity contribution in [2.45, 2.75) is 6.42 Å². The minimum Gasteiger partial charge on any atom is -0.465 e. The second-order valence-corrected chi connectivity index (χ2v) is 4.55. The number of ether oxygens (including phenoxy) is 1. The molecule has 2 aromatic carbocycles. The summed E-state index contributed by atoms with van der Waals surface area (Å²) in [7, 11) is 1.26. The number of Topliss-reactive ketones (excluding diaryl/α,β-unsaturated/α-hetero) is 1. The highest BCUT2D eigenvalue weighted by molar-refractivity contribution is 6.12. The Balaban J connectivity index is 2.07. The van der Waals surface area contributed by atoms with Gasteiger partial charge in [-0.2, -0.15) is 0 Å². The van der Waals surface area contributed by atoms with Crippen molar-refractivity contribution < 1.29 is 19.1 Å². The van der Waals surface area contributed by atoms with Crippen LogP contribution in [0, 0.1) is 0 Å². The molecule has 0 heterocycles. The molecule has 0 aliphatic heterocycles. The Hall–Kier alpha value is -2.95. The average molecular weight is 297 g/mol. The van der Waals surface area contributed by atoms with Crippen molar-refractivity contribution in [2.75, 3.05) is 12.4 Å². The van der Waals surface area contributed by atoms with Crippen LogP contribution in [0.3, 0.4) is 0 Å². The highest BCUT2D eigenvalue weighted by Crippen LogP contribution is 2.16. The molecule has 2 rings (SSSR count). The predicted octanol–water partition coefficient (Wildman–Crippen LogP) is 2.68. The number of anilines is 1. The topological polar surface area (TPSA) is 72.5 Å². The molecule has 0 unspecified atom stereocenters. The van der Waals surface area contributed by atoms with Crippen LogP contribution in [-0.2, 0) is 9.53 Å². The fraction of sp³-hybridized carbons (Fsp3) is 0.118. The molecular formula is C17H15NO4. The third-order valence-corrected chi connectivity index (χ3v) is 3.02. The minimum absolute atomic E-state index is 0.241. The summed E-state index contributed by atoms with van der Waals surface area (Å²) in [5, 5.41) is 2.57. The second-order valence-electron chi connectivity index (χ2n) is 4.55. The van der Waals surface area contributed by atoms with Gasteiger partial charge in [0.1, 0.15) is 0 Å². The number of rotatable bonds is 5. The van der Waals surface area contributed by atoms with E-state index in [1.165, 1.54) is 7.11 Å². The van der Waals surface area contributed by atoms with Crippen molar-refractivity contribution in [3.63, 3.8) is 0 Å². The van der Waals surface area contributed by atoms with Gasteiger partial charge in [-0.3, -0.25) is 9.59 Å². The van der Waals surface area contributed by atoms with E-state index in [1.54, 1.807) is 54.6 Å². The van der Waals surface area contributed by atoms with Crippen molar-refractivity contribution in [3.05, 3.63) is 65.7 Å². The van der Waals surface area contributed by atoms with E-state index < -0.39 is 11.9 Å². The van der Waals surface area contributed by atoms with E-state index >= 15 is 0 Å². The summed E-state index contributed by atoms with van der Waals surface area (Å²) in [6.07, 6.45) is -0.292. The molecule has 22 heavy (non-hydrogen) atoms. The maximum absolute atomic E-state index is 12.0. The molecule has 0 saturated heterocycles. The Morgan fingerprint density at radius 3 is 2.27 bits per heavy atom. The zero-order valence-corrected chi connectivity index (χ0v) is 12.0. The van der Waals surface area contributed by atoms with Gasteiger partial charge in [-0.05, 0) is 12.1 Å². The number of carbonyl (C=O) groups excluding carboxylic acids is 3. The van der Waals surface area contributed by atoms with Gasteiger partial charge in [-0.15, -0.1) is 0 Å². The summed E-state index contributed by atoms with van der Waals surface area (Å²) < 4.78 is 4.65. The third kappa shape index (κ3) is 3.79. The van der Waals surface area contributed by atoms with E-state index in [1.807, 2.05) is 0 Å². The van der Waals surface area contributed by atoms with Crippen LogP contribution in [0.1, 0.15) is 27.1 Å². The van der Waals surface area contributed by atoms with Gasteiger partial charge in [-0.25, -0.2) is 4.79 Å². The molecule has 0 aromatic heterocycles. The second kappa shape index (κ2) is 7.17. The Morgan fingerprint density at radius 1 is 0.955 bits per heavy atom. The fourth-order valence-electron chi connectivity index (χ4n) is 1.95. The molecule has 0 fully saturated rings. The van der Waals surface area contributed by atoms with Crippen LogP contribution in [-0.4, -0.2) is 24.8 Å². The van der Waals surface area contributed by atoms with Gasteiger partial charge < -0.3 is 10.1 Å². The lowest BCUT2D eigenvalue weighted by Crippen LogP contribution is -2.18. The first-order valence-electron chi connectivity index (χ1n) is 6.67. The number of nitrogens with one attached hydrogen (secondary N) is 1. The number of hydrogen-bond acceptors (Lipinski definition) is 4. The highest BCUT2D eigenvalue weighted by atomic mass is 16.5. The molecule has 5 heteroatoms. The van der Waals surface area contributed by atoms with Gasteiger partial charge in [0.25, 0.3) is 0 Å². The zero-order chi connectivity index (χ0) is 15.9. The molecule has 2 aromatic rings. The molecule has 0 bridgehead atoms. The number of carbonyl (C=O) groups is 3. The smallest absolute Gasteiger partial charge is 0.339 e. The van der Waals surface area contributed by atoms with Gasteiger partial charge in [0.05, 0.1) is 24.8 Å². The minimum atomic E-state index is -0.551. The van der Waals surface area contributed by atoms with Gasteiger partial charge in [0.2, 0.25) is 5.91 Å². The number of esters is 1. The lowest BCUT2D eigenvalue weighted by Gasteiger charge is -2.09. The normalized spacial score (nSPS) is 9.86. The van der Waals surface area contributed by atoms with Gasteiger partial charge in [0.15, 0.2) is 5.78 Å². The van der Waals surface area contributed by atoms with Crippen molar-refractivity contribution in [1.29, 1.82) is 0 Å². The maximum Gasteiger partial charge on any atom is 0.339 e. The van der Waals surface area contributed by atoms with E-state index in [0.717, 1.165) is 0 Å². The van der Waals surface area contributed by atoms with Crippen LogP contribution in [0.5, 0.6) is 0 Å². The third-order valence-electron chi connectivity index (χ3n) is 3.02. The van der Waals surface area contributed by atoms with Gasteiger partial charge in [0, 0.05) is 5.56 Å². The lowest BCUT2D eigenvalue weighted by atomic mass is 10.1. The first-order chi connectivity index (χ1) is 10.6. The first-order valence-corrected chi connectivity index (χ1v) is 6.67. The van der Waals surface area contributed by atoms with Crippen molar-refractivity contribution >= 4 is 23.3 Å². The number of amides is 1. The number of ketones is 1. The van der Waals surface area contributed by atoms with Crippen LogP contribution in [0.25, 0.3) is 0 Å². The number of methoxy groups -OCH3 is 1. The first kappa shape index (κ1) is 15.4. The van der Waals surface area contributed by atoms with Crippen molar-refractivity contribution in [3.8, 4) is 0 Å². The van der Waals surface area contributed by atoms with Crippen molar-refractivity contribution in [1.82, 2.24) is 0 Å². The predicted molar refractivity (Wildman–Crippen MR) is 81.8 cm³/mol. The molecule has 0 aliphatic carbocycles. The molecular weight excluding hydrogens is 282 g/mol. The van der Waals surface area contributed by atoms with E-state index in [2.05, 4.69) is 10.1 Å². The van der Waals surface area contributed by atoms with Gasteiger partial charge in [-0.1, -0.05) is 42.5 Å². The molecule has 1 N–H and O–H groups in total. The summed E-state index contributed by atoms with van der Waals surface area (Å²) in [6, 6.07) is 15.0. The molecule has 0 radical (unpaired) electrons. The number of para-hydroxylation sites is 1. The SMILES string of the molecule is COC(=O)c1ccccc1NC(=O)CC(=O)c1ccccc1. The lowest BCUT2D eigenvalue weighted by molar-refractivity contribution is -0.115. The van der Waals surface area contributed by atoms with Gasteiger partial charge >= 0.3 is 5.97 Å². The molecule has 0 atom stereocenters. The van der Waals surface area contributed by atoms with Crippen LogP contribution in [0.4, 0.5) is 5.69 Å². The van der Waals surface area contributed by atoms with E-state index in [9.17, 15) is 14.4 Å². The summed E-state index contributed by atoms with van der Waals surface area (Å²) in [5.74, 6) is -1.32. The molecule has 0 saturated carbocycles. The Labute approximate surface area is 127 Å². The summed E-state index contributed by atoms with van der Waals surface area (Å²) in [6.45, 7) is 0. The van der Waals surface area contributed by atoms with Crippen LogP contribution < -0.4 is 5.32 Å². The highest BCUT2D eigenvalue weighted by Gasteiger charge is 2.16. The summed E-state index contributed by atoms with van der Waals surface area (Å²) in [5.41, 5.74) is 1.03. The zero-order valence-electron chi connectivity index (χ0n) is 12.0. The van der Waals surface area contributed by atoms with E-state index in [0.29, 0.717) is 11.3 Å². The van der Waals surface area contributed by atoms with E-state index in [4.69, 9.17) is 0 Å². The standard InChI is InChI=1S/C17H15NO4/c1-22-17(21)13-9-5-6-10-14(13)18-16(20)11-15(19)12-7-3-2-4-8-12/h2-10H,11H2,1H3,(H,18,20). The Bertz CT molecular complexity index is 695. The largest absolute Gasteiger partial charge is 0.465 e. The molecule has 5 nitrogen and oxygen atoms in total.